The third kappa shape index (κ3) is 2.96. The van der Waals surface area contributed by atoms with E-state index in [0.717, 1.165) is 12.1 Å². The van der Waals surface area contributed by atoms with Crippen molar-refractivity contribution in [3.8, 4) is 11.4 Å². The van der Waals surface area contributed by atoms with Gasteiger partial charge in [-0.15, -0.1) is 5.10 Å². The standard InChI is InChI=1S/C21H16ClN5O3/c22-15-8-2-1-7-14(15)20-24-21-23-16-9-4-10-17(28)18(16)19(26(21)25-20)12-5-3-6-13(11-12)27(29)30/h1-3,5-8,11,19H,4,9-10H2,(H,23,24,25). The predicted octanol–water partition coefficient (Wildman–Crippen LogP) is 4.53. The number of nitrogens with zero attached hydrogens (tertiary/aromatic N) is 4. The molecule has 5 rings (SSSR count). The van der Waals surface area contributed by atoms with Crippen molar-refractivity contribution in [2.45, 2.75) is 25.3 Å². The average Bonchev–Trinajstić information content (AvgIpc) is 3.16. The first kappa shape index (κ1) is 18.5. The van der Waals surface area contributed by atoms with Gasteiger partial charge < -0.3 is 5.32 Å². The molecule has 0 spiro atoms. The maximum atomic E-state index is 12.9. The topological polar surface area (TPSA) is 103 Å². The number of anilines is 1. The van der Waals surface area contributed by atoms with E-state index < -0.39 is 11.0 Å². The van der Waals surface area contributed by atoms with Gasteiger partial charge in [0, 0.05) is 35.4 Å². The molecule has 1 N–H and O–H groups in total. The fourth-order valence-electron chi connectivity index (χ4n) is 4.03. The first-order valence-electron chi connectivity index (χ1n) is 9.52. The molecule has 2 aromatic carbocycles. The summed E-state index contributed by atoms with van der Waals surface area (Å²) in [6.45, 7) is 0. The summed E-state index contributed by atoms with van der Waals surface area (Å²) in [4.78, 5) is 28.3. The molecule has 1 aromatic heterocycles. The Morgan fingerprint density at radius 2 is 2.00 bits per heavy atom. The minimum atomic E-state index is -0.590. The van der Waals surface area contributed by atoms with Gasteiger partial charge in [-0.3, -0.25) is 14.9 Å². The Hall–Kier alpha value is -3.52. The average molecular weight is 422 g/mol. The van der Waals surface area contributed by atoms with Crippen LogP contribution in [0, 0.1) is 10.1 Å². The Bertz CT molecular complexity index is 1230. The molecule has 0 amide bonds. The molecular weight excluding hydrogens is 406 g/mol. The van der Waals surface area contributed by atoms with E-state index in [2.05, 4.69) is 15.4 Å². The summed E-state index contributed by atoms with van der Waals surface area (Å²) in [5, 5.41) is 19.7. The number of rotatable bonds is 3. The molecule has 2 aliphatic rings. The molecule has 0 saturated carbocycles. The first-order chi connectivity index (χ1) is 14.5. The molecule has 30 heavy (non-hydrogen) atoms. The predicted molar refractivity (Wildman–Crippen MR) is 111 cm³/mol. The number of carbonyl (C=O) groups is 1. The number of halogens is 1. The zero-order valence-electron chi connectivity index (χ0n) is 15.7. The van der Waals surface area contributed by atoms with Crippen molar-refractivity contribution in [3.63, 3.8) is 0 Å². The van der Waals surface area contributed by atoms with Crippen LogP contribution in [0.3, 0.4) is 0 Å². The molecule has 0 radical (unpaired) electrons. The summed E-state index contributed by atoms with van der Waals surface area (Å²) >= 11 is 6.33. The highest BCUT2D eigenvalue weighted by Gasteiger charge is 2.37. The van der Waals surface area contributed by atoms with Crippen LogP contribution in [-0.2, 0) is 4.79 Å². The second-order valence-corrected chi connectivity index (χ2v) is 7.64. The zero-order valence-corrected chi connectivity index (χ0v) is 16.5. The monoisotopic (exact) mass is 421 g/mol. The molecule has 1 unspecified atom stereocenters. The Morgan fingerprint density at radius 1 is 1.17 bits per heavy atom. The third-order valence-electron chi connectivity index (χ3n) is 5.38. The molecule has 1 aliphatic carbocycles. The van der Waals surface area contributed by atoms with Crippen LogP contribution in [0.2, 0.25) is 5.02 Å². The number of non-ortho nitro benzene ring substituents is 1. The first-order valence-corrected chi connectivity index (χ1v) is 9.90. The second-order valence-electron chi connectivity index (χ2n) is 7.23. The number of benzene rings is 2. The number of aromatic nitrogens is 3. The van der Waals surface area contributed by atoms with Crippen molar-refractivity contribution in [2.75, 3.05) is 5.32 Å². The number of carbonyl (C=O) groups excluding carboxylic acids is 1. The number of nitrogens with one attached hydrogen (secondary N) is 1. The highest BCUT2D eigenvalue weighted by Crippen LogP contribution is 2.41. The maximum Gasteiger partial charge on any atom is 0.269 e. The summed E-state index contributed by atoms with van der Waals surface area (Å²) in [7, 11) is 0. The van der Waals surface area contributed by atoms with E-state index in [1.807, 2.05) is 18.2 Å². The maximum absolute atomic E-state index is 12.9. The van der Waals surface area contributed by atoms with Crippen molar-refractivity contribution in [1.29, 1.82) is 0 Å². The van der Waals surface area contributed by atoms with Gasteiger partial charge in [-0.25, -0.2) is 4.68 Å². The van der Waals surface area contributed by atoms with Crippen molar-refractivity contribution in [3.05, 3.63) is 80.5 Å². The Kier molecular flexibility index (Phi) is 4.36. The number of allylic oxidation sites excluding steroid dienone is 2. The van der Waals surface area contributed by atoms with E-state index in [1.54, 1.807) is 22.9 Å². The molecule has 1 aliphatic heterocycles. The molecule has 3 aromatic rings. The van der Waals surface area contributed by atoms with Crippen molar-refractivity contribution >= 4 is 29.0 Å². The van der Waals surface area contributed by atoms with Gasteiger partial charge in [-0.05, 0) is 30.5 Å². The molecule has 9 heteroatoms. The minimum Gasteiger partial charge on any atom is -0.328 e. The van der Waals surface area contributed by atoms with E-state index in [1.165, 1.54) is 12.1 Å². The number of nitro groups is 1. The molecule has 0 bridgehead atoms. The number of hydrogen-bond donors (Lipinski definition) is 1. The van der Waals surface area contributed by atoms with E-state index in [0.29, 0.717) is 46.3 Å². The second kappa shape index (κ2) is 7.07. The zero-order chi connectivity index (χ0) is 20.8. The summed E-state index contributed by atoms with van der Waals surface area (Å²) < 4.78 is 1.62. The van der Waals surface area contributed by atoms with Gasteiger partial charge in [-0.2, -0.15) is 4.98 Å². The number of fused-ring (bicyclic) bond motifs is 1. The van der Waals surface area contributed by atoms with Gasteiger partial charge in [0.15, 0.2) is 11.6 Å². The summed E-state index contributed by atoms with van der Waals surface area (Å²) in [5.74, 6) is 0.918. The van der Waals surface area contributed by atoms with Crippen LogP contribution in [0.25, 0.3) is 11.4 Å². The largest absolute Gasteiger partial charge is 0.328 e. The van der Waals surface area contributed by atoms with Gasteiger partial charge >= 0.3 is 0 Å². The minimum absolute atomic E-state index is 0.0145. The number of ketones is 1. The van der Waals surface area contributed by atoms with Crippen LogP contribution in [-0.4, -0.2) is 25.5 Å². The summed E-state index contributed by atoms with van der Waals surface area (Å²) in [5.41, 5.74) is 2.64. The van der Waals surface area contributed by atoms with Crippen molar-refractivity contribution in [2.24, 2.45) is 0 Å². The quantitative estimate of drug-likeness (QED) is 0.492. The van der Waals surface area contributed by atoms with E-state index in [-0.39, 0.29) is 11.5 Å². The third-order valence-corrected chi connectivity index (χ3v) is 5.71. The Balaban J connectivity index is 1.70. The number of nitro benzene ring substituents is 1. The van der Waals surface area contributed by atoms with Crippen LogP contribution in [0.5, 0.6) is 0 Å². The van der Waals surface area contributed by atoms with Crippen LogP contribution < -0.4 is 5.32 Å². The lowest BCUT2D eigenvalue weighted by molar-refractivity contribution is -0.384. The fourth-order valence-corrected chi connectivity index (χ4v) is 4.25. The van der Waals surface area contributed by atoms with Gasteiger partial charge in [-0.1, -0.05) is 35.9 Å². The lowest BCUT2D eigenvalue weighted by atomic mass is 9.85. The molecule has 8 nitrogen and oxygen atoms in total. The lowest BCUT2D eigenvalue weighted by Crippen LogP contribution is -2.31. The smallest absolute Gasteiger partial charge is 0.269 e. The SMILES string of the molecule is O=C1CCCC2=C1C(c1cccc([N+](=O)[O-])c1)n1nc(-c3ccccc3Cl)nc1N2. The Morgan fingerprint density at radius 3 is 2.80 bits per heavy atom. The number of Topliss-reactive ketones (excluding diaryl/α,β-unsaturated/α-hetero) is 1. The molecule has 2 heterocycles. The highest BCUT2D eigenvalue weighted by molar-refractivity contribution is 6.33. The molecule has 0 saturated heterocycles. The van der Waals surface area contributed by atoms with Crippen LogP contribution in [0.4, 0.5) is 11.6 Å². The normalized spacial score (nSPS) is 17.9. The molecule has 150 valence electrons. The highest BCUT2D eigenvalue weighted by atomic mass is 35.5. The van der Waals surface area contributed by atoms with Gasteiger partial charge in [0.25, 0.3) is 5.69 Å². The molecular formula is C21H16ClN5O3. The van der Waals surface area contributed by atoms with E-state index >= 15 is 0 Å². The molecule has 1 atom stereocenters. The van der Waals surface area contributed by atoms with Gasteiger partial charge in [0.1, 0.15) is 6.04 Å². The van der Waals surface area contributed by atoms with Crippen LogP contribution in [0.1, 0.15) is 30.9 Å². The van der Waals surface area contributed by atoms with Crippen LogP contribution in [0.15, 0.2) is 59.8 Å². The number of hydrogen-bond acceptors (Lipinski definition) is 6. The lowest BCUT2D eigenvalue weighted by Gasteiger charge is -2.32. The fraction of sp³-hybridized carbons (Fsp3) is 0.190. The summed E-state index contributed by atoms with van der Waals surface area (Å²) in [6.07, 6.45) is 1.89. The van der Waals surface area contributed by atoms with E-state index in [4.69, 9.17) is 11.6 Å². The summed E-state index contributed by atoms with van der Waals surface area (Å²) in [6, 6.07) is 13.0. The van der Waals surface area contributed by atoms with E-state index in [9.17, 15) is 14.9 Å². The van der Waals surface area contributed by atoms with Crippen molar-refractivity contribution < 1.29 is 9.72 Å². The van der Waals surface area contributed by atoms with Gasteiger partial charge in [0.2, 0.25) is 5.95 Å². The Labute approximate surface area is 176 Å². The van der Waals surface area contributed by atoms with Crippen LogP contribution >= 0.6 is 11.6 Å². The van der Waals surface area contributed by atoms with Gasteiger partial charge in [0.05, 0.1) is 9.95 Å². The molecule has 0 fully saturated rings. The van der Waals surface area contributed by atoms with Crippen molar-refractivity contribution in [1.82, 2.24) is 14.8 Å².